The van der Waals surface area contributed by atoms with E-state index in [2.05, 4.69) is 5.32 Å². The highest BCUT2D eigenvalue weighted by Gasteiger charge is 2.40. The van der Waals surface area contributed by atoms with Crippen LogP contribution in [0.25, 0.3) is 16.3 Å². The van der Waals surface area contributed by atoms with E-state index in [1.54, 1.807) is 0 Å². The predicted molar refractivity (Wildman–Crippen MR) is 130 cm³/mol. The summed E-state index contributed by atoms with van der Waals surface area (Å²) in [5, 5.41) is 2.26. The van der Waals surface area contributed by atoms with Gasteiger partial charge < -0.3 is 10.6 Å². The quantitative estimate of drug-likeness (QED) is 0.170. The number of carbonyl (C=O) groups is 3. The van der Waals surface area contributed by atoms with Crippen molar-refractivity contribution in [2.75, 3.05) is 13.1 Å². The molecule has 3 aromatic rings. The molecule has 0 aliphatic heterocycles. The van der Waals surface area contributed by atoms with Gasteiger partial charge in [0.25, 0.3) is 5.91 Å². The van der Waals surface area contributed by atoms with Crippen molar-refractivity contribution in [3.8, 4) is 0 Å². The standard InChI is InChI=1S/C26H15ClF10N2O3/c27-19-8-12(7-18(22(19)28)26(35,36)37)17(25(32,33)34)9-20(40)15-5-6-16(14-4-2-1-3-13(14)15)23(42)38-10-21(41)39-11-24(29,30)31/h1-9H,10-11H2,(H,38,42)(H,39,41)/b17-9-. The zero-order valence-electron chi connectivity index (χ0n) is 20.5. The zero-order chi connectivity index (χ0) is 31.6. The molecular formula is C26H15ClF10N2O3. The van der Waals surface area contributed by atoms with Crippen LogP contribution in [0.1, 0.15) is 31.8 Å². The van der Waals surface area contributed by atoms with Crippen LogP contribution in [-0.4, -0.2) is 43.0 Å². The molecule has 2 amide bonds. The number of halogens is 11. The summed E-state index contributed by atoms with van der Waals surface area (Å²) in [6.45, 7) is -2.50. The fourth-order valence-corrected chi connectivity index (χ4v) is 3.94. The summed E-state index contributed by atoms with van der Waals surface area (Å²) in [6, 6.07) is 7.36. The van der Waals surface area contributed by atoms with Crippen molar-refractivity contribution in [2.45, 2.75) is 18.5 Å². The van der Waals surface area contributed by atoms with Gasteiger partial charge in [0.15, 0.2) is 11.6 Å². The molecule has 2 N–H and O–H groups in total. The molecule has 16 heteroatoms. The van der Waals surface area contributed by atoms with E-state index in [1.165, 1.54) is 29.6 Å². The van der Waals surface area contributed by atoms with Crippen molar-refractivity contribution in [3.63, 3.8) is 0 Å². The Morgan fingerprint density at radius 1 is 0.810 bits per heavy atom. The van der Waals surface area contributed by atoms with Crippen LogP contribution in [0, 0.1) is 5.82 Å². The minimum atomic E-state index is -5.41. The maximum Gasteiger partial charge on any atom is 0.419 e. The molecule has 0 saturated carbocycles. The van der Waals surface area contributed by atoms with E-state index in [9.17, 15) is 58.3 Å². The van der Waals surface area contributed by atoms with Gasteiger partial charge in [-0.05, 0) is 46.7 Å². The molecule has 0 aliphatic carbocycles. The number of benzene rings is 3. The summed E-state index contributed by atoms with van der Waals surface area (Å²) in [4.78, 5) is 37.2. The van der Waals surface area contributed by atoms with Crippen molar-refractivity contribution in [3.05, 3.63) is 87.7 Å². The summed E-state index contributed by atoms with van der Waals surface area (Å²) in [7, 11) is 0. The second-order valence-electron chi connectivity index (χ2n) is 8.52. The number of carbonyl (C=O) groups excluding carboxylic acids is 3. The van der Waals surface area contributed by atoms with E-state index >= 15 is 0 Å². The van der Waals surface area contributed by atoms with Crippen molar-refractivity contribution in [1.29, 1.82) is 0 Å². The lowest BCUT2D eigenvalue weighted by Gasteiger charge is -2.16. The highest BCUT2D eigenvalue weighted by molar-refractivity contribution is 6.31. The van der Waals surface area contributed by atoms with Crippen LogP contribution < -0.4 is 10.6 Å². The number of ketones is 1. The van der Waals surface area contributed by atoms with Crippen LogP contribution in [-0.2, 0) is 11.0 Å². The summed E-state index contributed by atoms with van der Waals surface area (Å²) in [5.41, 5.74) is -5.81. The molecule has 0 spiro atoms. The topological polar surface area (TPSA) is 75.3 Å². The molecule has 3 aromatic carbocycles. The molecule has 0 radical (unpaired) electrons. The Morgan fingerprint density at radius 3 is 1.93 bits per heavy atom. The predicted octanol–water partition coefficient (Wildman–Crippen LogP) is 6.89. The zero-order valence-corrected chi connectivity index (χ0v) is 21.2. The minimum absolute atomic E-state index is 0.00374. The smallest absolute Gasteiger partial charge is 0.345 e. The van der Waals surface area contributed by atoms with Crippen LogP contribution in [0.3, 0.4) is 0 Å². The molecule has 5 nitrogen and oxygen atoms in total. The third-order valence-corrected chi connectivity index (χ3v) is 5.83. The lowest BCUT2D eigenvalue weighted by molar-refractivity contribution is -0.140. The van der Waals surface area contributed by atoms with Gasteiger partial charge in [-0.3, -0.25) is 14.4 Å². The first-order valence-electron chi connectivity index (χ1n) is 11.3. The number of hydrogen-bond donors (Lipinski definition) is 2. The Labute approximate surface area is 234 Å². The first kappa shape index (κ1) is 32.4. The second kappa shape index (κ2) is 12.0. The van der Waals surface area contributed by atoms with Gasteiger partial charge in [0.05, 0.1) is 22.7 Å². The van der Waals surface area contributed by atoms with Gasteiger partial charge >= 0.3 is 18.5 Å². The molecule has 0 saturated heterocycles. The first-order chi connectivity index (χ1) is 19.3. The third kappa shape index (κ3) is 7.78. The van der Waals surface area contributed by atoms with Crippen LogP contribution in [0.15, 0.2) is 54.6 Å². The number of rotatable bonds is 7. The van der Waals surface area contributed by atoms with Gasteiger partial charge in [0, 0.05) is 11.1 Å². The Bertz CT molecular complexity index is 1580. The van der Waals surface area contributed by atoms with E-state index in [-0.39, 0.29) is 34.5 Å². The Balaban J connectivity index is 2.01. The molecular weight excluding hydrogens is 614 g/mol. The van der Waals surface area contributed by atoms with E-state index in [4.69, 9.17) is 11.6 Å². The molecule has 0 bridgehead atoms. The lowest BCUT2D eigenvalue weighted by atomic mass is 9.94. The van der Waals surface area contributed by atoms with Gasteiger partial charge in [0.1, 0.15) is 6.54 Å². The third-order valence-electron chi connectivity index (χ3n) is 5.56. The normalized spacial score (nSPS) is 12.8. The summed E-state index contributed by atoms with van der Waals surface area (Å²) < 4.78 is 132. The number of nitrogens with one attached hydrogen (secondary N) is 2. The Kier molecular flexibility index (Phi) is 9.25. The summed E-state index contributed by atoms with van der Waals surface area (Å²) >= 11 is 5.41. The first-order valence-corrected chi connectivity index (χ1v) is 11.7. The maximum absolute atomic E-state index is 13.9. The summed E-state index contributed by atoms with van der Waals surface area (Å²) in [6.07, 6.45) is -15.5. The van der Waals surface area contributed by atoms with E-state index < -0.39 is 82.3 Å². The second-order valence-corrected chi connectivity index (χ2v) is 8.93. The largest absolute Gasteiger partial charge is 0.419 e. The Hall–Kier alpha value is -4.14. The fraction of sp³-hybridized carbons (Fsp3) is 0.192. The van der Waals surface area contributed by atoms with Crippen molar-refractivity contribution in [2.24, 2.45) is 0 Å². The van der Waals surface area contributed by atoms with Crippen LogP contribution in [0.4, 0.5) is 43.9 Å². The van der Waals surface area contributed by atoms with Crippen molar-refractivity contribution < 1.29 is 58.3 Å². The lowest BCUT2D eigenvalue weighted by Crippen LogP contribution is -2.40. The van der Waals surface area contributed by atoms with Crippen LogP contribution >= 0.6 is 11.6 Å². The molecule has 0 heterocycles. The molecule has 0 unspecified atom stereocenters. The molecule has 0 fully saturated rings. The highest BCUT2D eigenvalue weighted by atomic mass is 35.5. The van der Waals surface area contributed by atoms with E-state index in [0.717, 1.165) is 12.1 Å². The molecule has 0 aromatic heterocycles. The van der Waals surface area contributed by atoms with Gasteiger partial charge in [0.2, 0.25) is 5.91 Å². The average Bonchev–Trinajstić information content (AvgIpc) is 2.88. The van der Waals surface area contributed by atoms with Crippen LogP contribution in [0.2, 0.25) is 5.02 Å². The van der Waals surface area contributed by atoms with E-state index in [1.807, 2.05) is 0 Å². The highest BCUT2D eigenvalue weighted by Crippen LogP contribution is 2.41. The fourth-order valence-electron chi connectivity index (χ4n) is 3.72. The number of amides is 2. The van der Waals surface area contributed by atoms with Gasteiger partial charge in [-0.2, -0.15) is 39.5 Å². The van der Waals surface area contributed by atoms with Gasteiger partial charge in [-0.15, -0.1) is 0 Å². The number of allylic oxidation sites excluding steroid dienone is 2. The molecule has 224 valence electrons. The minimum Gasteiger partial charge on any atom is -0.345 e. The monoisotopic (exact) mass is 628 g/mol. The molecule has 42 heavy (non-hydrogen) atoms. The average molecular weight is 629 g/mol. The van der Waals surface area contributed by atoms with Crippen LogP contribution in [0.5, 0.6) is 0 Å². The molecule has 0 atom stereocenters. The van der Waals surface area contributed by atoms with Crippen molar-refractivity contribution >= 4 is 45.5 Å². The number of fused-ring (bicyclic) bond motifs is 1. The SMILES string of the molecule is O=C(CNC(=O)c1ccc(C(=O)/C=C(/c2cc(Cl)c(F)c(C(F)(F)F)c2)C(F)(F)F)c2ccccc12)NCC(F)(F)F. The van der Waals surface area contributed by atoms with E-state index in [0.29, 0.717) is 0 Å². The molecule has 0 aliphatic rings. The number of alkyl halides is 9. The van der Waals surface area contributed by atoms with Gasteiger partial charge in [-0.1, -0.05) is 35.9 Å². The van der Waals surface area contributed by atoms with Crippen molar-refractivity contribution in [1.82, 2.24) is 10.6 Å². The maximum atomic E-state index is 13.9. The van der Waals surface area contributed by atoms with Gasteiger partial charge in [-0.25, -0.2) is 4.39 Å². The number of hydrogen-bond acceptors (Lipinski definition) is 3. The summed E-state index contributed by atoms with van der Waals surface area (Å²) in [5.74, 6) is -5.50. The molecule has 3 rings (SSSR count). The Morgan fingerprint density at radius 2 is 1.38 bits per heavy atom.